The van der Waals surface area contributed by atoms with Crippen LogP contribution < -0.4 is 14.8 Å². The number of hydrogen-bond donors (Lipinski definition) is 1. The third-order valence-corrected chi connectivity index (χ3v) is 7.60. The van der Waals surface area contributed by atoms with Crippen LogP contribution in [0.2, 0.25) is 0 Å². The summed E-state index contributed by atoms with van der Waals surface area (Å²) in [6.07, 6.45) is 0.111. The number of aromatic nitrogens is 1. The van der Waals surface area contributed by atoms with Gasteiger partial charge in [-0.3, -0.25) is 4.79 Å². The summed E-state index contributed by atoms with van der Waals surface area (Å²) in [4.78, 5) is 17.2. The molecular formula is C22H24N2O5S2. The predicted molar refractivity (Wildman–Crippen MR) is 122 cm³/mol. The molecule has 0 aliphatic heterocycles. The molecule has 2 aromatic carbocycles. The third kappa shape index (κ3) is 5.23. The van der Waals surface area contributed by atoms with E-state index in [-0.39, 0.29) is 17.2 Å². The lowest BCUT2D eigenvalue weighted by atomic mass is 10.1. The van der Waals surface area contributed by atoms with Crippen LogP contribution in [0.25, 0.3) is 11.3 Å². The molecule has 0 radical (unpaired) electrons. The summed E-state index contributed by atoms with van der Waals surface area (Å²) < 4.78 is 35.1. The van der Waals surface area contributed by atoms with Gasteiger partial charge >= 0.3 is 0 Å². The molecule has 0 aliphatic carbocycles. The van der Waals surface area contributed by atoms with E-state index in [9.17, 15) is 13.2 Å². The number of carbonyl (C=O) groups is 1. The van der Waals surface area contributed by atoms with Gasteiger partial charge in [0, 0.05) is 10.9 Å². The minimum Gasteiger partial charge on any atom is -0.497 e. The van der Waals surface area contributed by atoms with E-state index in [2.05, 4.69) is 10.3 Å². The molecule has 0 fully saturated rings. The van der Waals surface area contributed by atoms with E-state index in [4.69, 9.17) is 9.47 Å². The van der Waals surface area contributed by atoms with Gasteiger partial charge in [-0.05, 0) is 49.7 Å². The van der Waals surface area contributed by atoms with Crippen molar-refractivity contribution in [3.63, 3.8) is 0 Å². The summed E-state index contributed by atoms with van der Waals surface area (Å²) in [6, 6.07) is 11.8. The summed E-state index contributed by atoms with van der Waals surface area (Å²) in [5.41, 5.74) is 2.14. The zero-order valence-electron chi connectivity index (χ0n) is 17.7. The first-order valence-electron chi connectivity index (χ1n) is 9.55. The molecule has 164 valence electrons. The molecule has 0 saturated heterocycles. The van der Waals surface area contributed by atoms with Gasteiger partial charge in [-0.15, -0.1) is 11.3 Å². The Hall–Kier alpha value is -2.91. The van der Waals surface area contributed by atoms with Crippen LogP contribution >= 0.6 is 11.3 Å². The van der Waals surface area contributed by atoms with Crippen LogP contribution in [-0.2, 0) is 21.1 Å². The van der Waals surface area contributed by atoms with Crippen molar-refractivity contribution in [2.45, 2.75) is 30.4 Å². The van der Waals surface area contributed by atoms with Crippen molar-refractivity contribution in [1.82, 2.24) is 4.98 Å². The first-order valence-corrected chi connectivity index (χ1v) is 12.0. The van der Waals surface area contributed by atoms with Crippen molar-refractivity contribution in [3.05, 3.63) is 53.4 Å². The highest BCUT2D eigenvalue weighted by Crippen LogP contribution is 2.35. The molecule has 1 heterocycles. The average Bonchev–Trinajstić information content (AvgIpc) is 3.21. The van der Waals surface area contributed by atoms with Crippen molar-refractivity contribution in [1.29, 1.82) is 0 Å². The number of carbonyl (C=O) groups excluding carboxylic acids is 1. The van der Waals surface area contributed by atoms with Crippen LogP contribution in [-0.4, -0.2) is 38.8 Å². The SMILES string of the molecule is COc1ccc(OC)c(-c2csc(NC(=O)Cc3ccc(S(=O)(=O)C(C)C)cc3)n2)c1. The quantitative estimate of drug-likeness (QED) is 0.542. The topological polar surface area (TPSA) is 94.6 Å². The number of nitrogens with one attached hydrogen (secondary N) is 1. The van der Waals surface area contributed by atoms with Gasteiger partial charge in [0.25, 0.3) is 0 Å². The number of thiazole rings is 1. The second kappa shape index (κ2) is 9.49. The van der Waals surface area contributed by atoms with Crippen molar-refractivity contribution in [3.8, 4) is 22.8 Å². The zero-order chi connectivity index (χ0) is 22.6. The fourth-order valence-electron chi connectivity index (χ4n) is 2.89. The molecule has 0 bridgehead atoms. The highest BCUT2D eigenvalue weighted by molar-refractivity contribution is 7.92. The van der Waals surface area contributed by atoms with E-state index in [0.29, 0.717) is 27.9 Å². The molecule has 0 spiro atoms. The molecule has 0 atom stereocenters. The number of benzene rings is 2. The van der Waals surface area contributed by atoms with Crippen LogP contribution in [0.3, 0.4) is 0 Å². The number of rotatable bonds is 8. The Balaban J connectivity index is 1.70. The number of methoxy groups -OCH3 is 2. The standard InChI is InChI=1S/C22H24N2O5S2/c1-14(2)31(26,27)17-8-5-15(6-9-17)11-21(25)24-22-23-19(13-30-22)18-12-16(28-3)7-10-20(18)29-4/h5-10,12-14H,11H2,1-4H3,(H,23,24,25). The Morgan fingerprint density at radius 3 is 2.42 bits per heavy atom. The first kappa shape index (κ1) is 22.8. The Labute approximate surface area is 186 Å². The number of ether oxygens (including phenoxy) is 2. The fourth-order valence-corrected chi connectivity index (χ4v) is 4.67. The maximum absolute atomic E-state index is 12.4. The van der Waals surface area contributed by atoms with Gasteiger partial charge in [0.15, 0.2) is 15.0 Å². The molecule has 1 amide bonds. The van der Waals surface area contributed by atoms with E-state index in [1.54, 1.807) is 52.3 Å². The third-order valence-electron chi connectivity index (χ3n) is 4.67. The average molecular weight is 461 g/mol. The fraction of sp³-hybridized carbons (Fsp3) is 0.273. The van der Waals surface area contributed by atoms with Crippen LogP contribution in [0.4, 0.5) is 5.13 Å². The molecule has 3 rings (SSSR count). The van der Waals surface area contributed by atoms with Crippen LogP contribution in [0.15, 0.2) is 52.7 Å². The number of sulfone groups is 1. The van der Waals surface area contributed by atoms with Crippen molar-refractivity contribution in [2.75, 3.05) is 19.5 Å². The largest absolute Gasteiger partial charge is 0.497 e. The minimum atomic E-state index is -3.33. The van der Waals surface area contributed by atoms with Gasteiger partial charge in [-0.25, -0.2) is 13.4 Å². The maximum atomic E-state index is 12.4. The van der Waals surface area contributed by atoms with Crippen molar-refractivity contribution < 1.29 is 22.7 Å². The molecule has 9 heteroatoms. The number of hydrogen-bond acceptors (Lipinski definition) is 7. The van der Waals surface area contributed by atoms with Gasteiger partial charge in [-0.2, -0.15) is 0 Å². The Bertz CT molecular complexity index is 1170. The normalized spacial score (nSPS) is 11.4. The van der Waals surface area contributed by atoms with Crippen LogP contribution in [0.1, 0.15) is 19.4 Å². The maximum Gasteiger partial charge on any atom is 0.230 e. The van der Waals surface area contributed by atoms with Gasteiger partial charge in [0.1, 0.15) is 11.5 Å². The second-order valence-electron chi connectivity index (χ2n) is 7.07. The van der Waals surface area contributed by atoms with Crippen molar-refractivity contribution >= 4 is 32.2 Å². The predicted octanol–water partition coefficient (Wildman–Crippen LogP) is 4.19. The van der Waals surface area contributed by atoms with Crippen LogP contribution in [0.5, 0.6) is 11.5 Å². The van der Waals surface area contributed by atoms with E-state index in [1.807, 2.05) is 11.4 Å². The number of nitrogens with zero attached hydrogens (tertiary/aromatic N) is 1. The van der Waals surface area contributed by atoms with E-state index in [1.165, 1.54) is 23.5 Å². The van der Waals surface area contributed by atoms with Crippen LogP contribution in [0, 0.1) is 0 Å². The summed E-state index contributed by atoms with van der Waals surface area (Å²) in [6.45, 7) is 3.28. The van der Waals surface area contributed by atoms with Gasteiger partial charge in [0.2, 0.25) is 5.91 Å². The zero-order valence-corrected chi connectivity index (χ0v) is 19.3. The summed E-state index contributed by atoms with van der Waals surface area (Å²) in [7, 11) is -0.165. The van der Waals surface area contributed by atoms with Gasteiger partial charge in [-0.1, -0.05) is 12.1 Å². The first-order chi connectivity index (χ1) is 14.7. The monoisotopic (exact) mass is 460 g/mol. The van der Waals surface area contributed by atoms with Gasteiger partial charge < -0.3 is 14.8 Å². The molecular weight excluding hydrogens is 436 g/mol. The van der Waals surface area contributed by atoms with E-state index < -0.39 is 15.1 Å². The highest BCUT2D eigenvalue weighted by atomic mass is 32.2. The molecule has 31 heavy (non-hydrogen) atoms. The molecule has 0 saturated carbocycles. The number of anilines is 1. The second-order valence-corrected chi connectivity index (χ2v) is 10.4. The molecule has 1 aromatic heterocycles. The summed E-state index contributed by atoms with van der Waals surface area (Å²) in [5, 5.41) is 4.59. The van der Waals surface area contributed by atoms with E-state index in [0.717, 1.165) is 5.56 Å². The minimum absolute atomic E-state index is 0.111. The van der Waals surface area contributed by atoms with Crippen molar-refractivity contribution in [2.24, 2.45) is 0 Å². The highest BCUT2D eigenvalue weighted by Gasteiger charge is 2.19. The molecule has 1 N–H and O–H groups in total. The van der Waals surface area contributed by atoms with E-state index >= 15 is 0 Å². The molecule has 7 nitrogen and oxygen atoms in total. The lowest BCUT2D eigenvalue weighted by Gasteiger charge is -2.09. The molecule has 3 aromatic rings. The Morgan fingerprint density at radius 2 is 1.81 bits per heavy atom. The Kier molecular flexibility index (Phi) is 6.97. The lowest BCUT2D eigenvalue weighted by Crippen LogP contribution is -2.15. The number of amides is 1. The Morgan fingerprint density at radius 1 is 1.10 bits per heavy atom. The molecule has 0 unspecified atom stereocenters. The lowest BCUT2D eigenvalue weighted by molar-refractivity contribution is -0.115. The smallest absolute Gasteiger partial charge is 0.230 e. The summed E-state index contributed by atoms with van der Waals surface area (Å²) >= 11 is 1.31. The summed E-state index contributed by atoms with van der Waals surface area (Å²) in [5.74, 6) is 1.09. The molecule has 0 aliphatic rings. The van der Waals surface area contributed by atoms with Gasteiger partial charge in [0.05, 0.1) is 36.5 Å².